The fraction of sp³-hybridized carbons (Fsp3) is 0.800. The molecule has 0 rings (SSSR count). The molecule has 11 heavy (non-hydrogen) atoms. The highest BCUT2D eigenvalue weighted by Gasteiger charge is 2.11. The molecule has 0 aliphatic carbocycles. The van der Waals surface area contributed by atoms with Crippen molar-refractivity contribution in [3.63, 3.8) is 0 Å². The molecule has 0 saturated heterocycles. The van der Waals surface area contributed by atoms with E-state index in [0.717, 1.165) is 0 Å². The van der Waals surface area contributed by atoms with Gasteiger partial charge in [-0.05, 0) is 12.3 Å². The van der Waals surface area contributed by atoms with Crippen molar-refractivity contribution < 1.29 is 0 Å². The first-order valence-electron chi connectivity index (χ1n) is 4.64. The van der Waals surface area contributed by atoms with E-state index in [4.69, 9.17) is 5.73 Å². The second kappa shape index (κ2) is 6.41. The van der Waals surface area contributed by atoms with Gasteiger partial charge < -0.3 is 5.73 Å². The second-order valence-corrected chi connectivity index (χ2v) is 3.12. The Kier molecular flexibility index (Phi) is 6.24. The molecule has 0 fully saturated rings. The Labute approximate surface area is 70.7 Å². The van der Waals surface area contributed by atoms with Gasteiger partial charge in [0.2, 0.25) is 0 Å². The molecule has 0 aromatic carbocycles. The maximum Gasteiger partial charge on any atom is 0.0249 e. The molecule has 0 aliphatic heterocycles. The average molecular weight is 155 g/mol. The lowest BCUT2D eigenvalue weighted by molar-refractivity contribution is 0.412. The van der Waals surface area contributed by atoms with Crippen LogP contribution in [-0.4, -0.2) is 6.04 Å². The van der Waals surface area contributed by atoms with Crippen molar-refractivity contribution in [3.05, 3.63) is 12.7 Å². The molecule has 1 nitrogen and oxygen atoms in total. The standard InChI is InChI=1S/C10H21N/c1-4-7-8-9(5-2)10(11)6-3/h6,9-10H,3-5,7-8,11H2,1-2H3. The van der Waals surface area contributed by atoms with Gasteiger partial charge in [-0.15, -0.1) is 6.58 Å². The van der Waals surface area contributed by atoms with Crippen LogP contribution in [0, 0.1) is 5.92 Å². The van der Waals surface area contributed by atoms with Crippen molar-refractivity contribution in [2.75, 3.05) is 0 Å². The predicted octanol–water partition coefficient (Wildman–Crippen LogP) is 2.72. The lowest BCUT2D eigenvalue weighted by Crippen LogP contribution is -2.27. The molecule has 0 aliphatic rings. The molecule has 0 aromatic heterocycles. The zero-order valence-electron chi connectivity index (χ0n) is 7.84. The summed E-state index contributed by atoms with van der Waals surface area (Å²) in [5.41, 5.74) is 5.85. The van der Waals surface area contributed by atoms with Gasteiger partial charge in [-0.3, -0.25) is 0 Å². The predicted molar refractivity (Wildman–Crippen MR) is 51.5 cm³/mol. The maximum absolute atomic E-state index is 5.85. The minimum Gasteiger partial charge on any atom is -0.324 e. The van der Waals surface area contributed by atoms with Crippen molar-refractivity contribution >= 4 is 0 Å². The molecule has 0 amide bonds. The van der Waals surface area contributed by atoms with Crippen LogP contribution in [0.25, 0.3) is 0 Å². The third-order valence-electron chi connectivity index (χ3n) is 2.27. The molecule has 2 unspecified atom stereocenters. The summed E-state index contributed by atoms with van der Waals surface area (Å²) in [6.45, 7) is 8.13. The van der Waals surface area contributed by atoms with Gasteiger partial charge >= 0.3 is 0 Å². The van der Waals surface area contributed by atoms with Gasteiger partial charge in [0.1, 0.15) is 0 Å². The molecule has 2 N–H and O–H groups in total. The van der Waals surface area contributed by atoms with Gasteiger partial charge in [-0.1, -0.05) is 39.2 Å². The van der Waals surface area contributed by atoms with Crippen LogP contribution in [0.3, 0.4) is 0 Å². The van der Waals surface area contributed by atoms with E-state index >= 15 is 0 Å². The Balaban J connectivity index is 3.64. The fourth-order valence-corrected chi connectivity index (χ4v) is 1.33. The zero-order chi connectivity index (χ0) is 8.69. The summed E-state index contributed by atoms with van der Waals surface area (Å²) >= 11 is 0. The van der Waals surface area contributed by atoms with Crippen molar-refractivity contribution in [2.24, 2.45) is 11.7 Å². The highest BCUT2D eigenvalue weighted by molar-refractivity contribution is 4.87. The van der Waals surface area contributed by atoms with E-state index < -0.39 is 0 Å². The lowest BCUT2D eigenvalue weighted by Gasteiger charge is -2.18. The normalized spacial score (nSPS) is 15.9. The van der Waals surface area contributed by atoms with E-state index in [9.17, 15) is 0 Å². The summed E-state index contributed by atoms with van der Waals surface area (Å²) in [4.78, 5) is 0. The molecule has 0 spiro atoms. The molecule has 0 aromatic rings. The first-order chi connectivity index (χ1) is 5.26. The zero-order valence-corrected chi connectivity index (χ0v) is 7.84. The van der Waals surface area contributed by atoms with Gasteiger partial charge in [0.25, 0.3) is 0 Å². The Hall–Kier alpha value is -0.300. The summed E-state index contributed by atoms with van der Waals surface area (Å²) < 4.78 is 0. The summed E-state index contributed by atoms with van der Waals surface area (Å²) in [7, 11) is 0. The number of nitrogens with two attached hydrogens (primary N) is 1. The van der Waals surface area contributed by atoms with Gasteiger partial charge in [0, 0.05) is 6.04 Å². The SMILES string of the molecule is C=CC(N)C(CC)CCCC. The molecular formula is C10H21N. The molecule has 2 atom stereocenters. The number of hydrogen-bond donors (Lipinski definition) is 1. The van der Waals surface area contributed by atoms with Crippen molar-refractivity contribution in [3.8, 4) is 0 Å². The summed E-state index contributed by atoms with van der Waals surface area (Å²) in [5.74, 6) is 0.646. The van der Waals surface area contributed by atoms with E-state index in [2.05, 4.69) is 20.4 Å². The van der Waals surface area contributed by atoms with E-state index in [1.165, 1.54) is 25.7 Å². The lowest BCUT2D eigenvalue weighted by atomic mass is 9.92. The third-order valence-corrected chi connectivity index (χ3v) is 2.27. The van der Waals surface area contributed by atoms with Crippen LogP contribution in [0.2, 0.25) is 0 Å². The van der Waals surface area contributed by atoms with Crippen LogP contribution in [0.5, 0.6) is 0 Å². The van der Waals surface area contributed by atoms with E-state index in [1.807, 2.05) is 6.08 Å². The summed E-state index contributed by atoms with van der Waals surface area (Å²) in [6.07, 6.45) is 6.84. The third kappa shape index (κ3) is 4.20. The smallest absolute Gasteiger partial charge is 0.0249 e. The number of hydrogen-bond acceptors (Lipinski definition) is 1. The first-order valence-corrected chi connectivity index (χ1v) is 4.64. The Bertz CT molecular complexity index is 99.0. The molecule has 0 saturated carbocycles. The average Bonchev–Trinajstić information content (AvgIpc) is 2.05. The maximum atomic E-state index is 5.85. The number of unbranched alkanes of at least 4 members (excludes halogenated alkanes) is 1. The number of rotatable bonds is 6. The molecule has 66 valence electrons. The Morgan fingerprint density at radius 3 is 2.45 bits per heavy atom. The van der Waals surface area contributed by atoms with Gasteiger partial charge in [0.15, 0.2) is 0 Å². The molecule has 0 heterocycles. The van der Waals surface area contributed by atoms with E-state index in [0.29, 0.717) is 5.92 Å². The Morgan fingerprint density at radius 2 is 2.09 bits per heavy atom. The topological polar surface area (TPSA) is 26.0 Å². The van der Waals surface area contributed by atoms with Crippen LogP contribution in [0.15, 0.2) is 12.7 Å². The fourth-order valence-electron chi connectivity index (χ4n) is 1.33. The largest absolute Gasteiger partial charge is 0.324 e. The molecule has 1 heteroatoms. The molecular weight excluding hydrogens is 134 g/mol. The van der Waals surface area contributed by atoms with E-state index in [-0.39, 0.29) is 6.04 Å². The minimum absolute atomic E-state index is 0.201. The van der Waals surface area contributed by atoms with E-state index in [1.54, 1.807) is 0 Å². The molecule has 0 radical (unpaired) electrons. The van der Waals surface area contributed by atoms with Gasteiger partial charge in [0.05, 0.1) is 0 Å². The van der Waals surface area contributed by atoms with Crippen molar-refractivity contribution in [1.29, 1.82) is 0 Å². The monoisotopic (exact) mass is 155 g/mol. The summed E-state index contributed by atoms with van der Waals surface area (Å²) in [5, 5.41) is 0. The quantitative estimate of drug-likeness (QED) is 0.586. The van der Waals surface area contributed by atoms with Gasteiger partial charge in [-0.2, -0.15) is 0 Å². The van der Waals surface area contributed by atoms with Crippen LogP contribution < -0.4 is 5.73 Å². The summed E-state index contributed by atoms with van der Waals surface area (Å²) in [6, 6.07) is 0.201. The second-order valence-electron chi connectivity index (χ2n) is 3.12. The van der Waals surface area contributed by atoms with Crippen LogP contribution in [-0.2, 0) is 0 Å². The van der Waals surface area contributed by atoms with Crippen molar-refractivity contribution in [2.45, 2.75) is 45.6 Å². The highest BCUT2D eigenvalue weighted by Crippen LogP contribution is 2.15. The molecule has 0 bridgehead atoms. The first kappa shape index (κ1) is 10.7. The van der Waals surface area contributed by atoms with Crippen molar-refractivity contribution in [1.82, 2.24) is 0 Å². The van der Waals surface area contributed by atoms with Crippen LogP contribution in [0.4, 0.5) is 0 Å². The van der Waals surface area contributed by atoms with Crippen LogP contribution in [0.1, 0.15) is 39.5 Å². The highest BCUT2D eigenvalue weighted by atomic mass is 14.6. The van der Waals surface area contributed by atoms with Gasteiger partial charge in [-0.25, -0.2) is 0 Å². The van der Waals surface area contributed by atoms with Crippen LogP contribution >= 0.6 is 0 Å². The Morgan fingerprint density at radius 1 is 1.45 bits per heavy atom. The minimum atomic E-state index is 0.201.